The molecular formula is C18H24N4O2. The lowest BCUT2D eigenvalue weighted by Gasteiger charge is -2.26. The van der Waals surface area contributed by atoms with Crippen molar-refractivity contribution in [3.05, 3.63) is 30.2 Å². The fraction of sp³-hybridized carbons (Fsp3) is 0.611. The summed E-state index contributed by atoms with van der Waals surface area (Å²) in [7, 11) is 0. The largest absolute Gasteiger partial charge is 0.368 e. The highest BCUT2D eigenvalue weighted by Crippen LogP contribution is 2.31. The first kappa shape index (κ1) is 15.6. The van der Waals surface area contributed by atoms with Crippen LogP contribution >= 0.6 is 0 Å². The number of nitrogens with zero attached hydrogens (tertiary/aromatic N) is 4. The van der Waals surface area contributed by atoms with Crippen molar-refractivity contribution < 1.29 is 9.53 Å². The quantitative estimate of drug-likeness (QED) is 0.866. The van der Waals surface area contributed by atoms with Crippen LogP contribution in [0.2, 0.25) is 0 Å². The maximum atomic E-state index is 12.7. The van der Waals surface area contributed by atoms with Gasteiger partial charge in [0.05, 0.1) is 12.1 Å². The van der Waals surface area contributed by atoms with Gasteiger partial charge in [-0.3, -0.25) is 9.20 Å². The molecule has 2 fully saturated rings. The Labute approximate surface area is 141 Å². The van der Waals surface area contributed by atoms with Crippen molar-refractivity contribution in [3.8, 4) is 0 Å². The molecule has 0 spiro atoms. The van der Waals surface area contributed by atoms with Gasteiger partial charge in [-0.2, -0.15) is 0 Å². The number of hydrogen-bond acceptors (Lipinski definition) is 4. The average molecular weight is 328 g/mol. The number of pyridine rings is 1. The molecule has 2 aliphatic rings. The third-order valence-electron chi connectivity index (χ3n) is 5.21. The third-order valence-corrected chi connectivity index (χ3v) is 5.21. The number of rotatable bonds is 4. The van der Waals surface area contributed by atoms with Crippen molar-refractivity contribution in [1.29, 1.82) is 0 Å². The Morgan fingerprint density at radius 3 is 2.88 bits per heavy atom. The molecule has 2 aromatic rings. The maximum Gasteiger partial charge on any atom is 0.249 e. The fourth-order valence-corrected chi connectivity index (χ4v) is 3.92. The monoisotopic (exact) mass is 328 g/mol. The van der Waals surface area contributed by atoms with E-state index in [2.05, 4.69) is 10.2 Å². The van der Waals surface area contributed by atoms with Gasteiger partial charge in [-0.05, 0) is 37.8 Å². The van der Waals surface area contributed by atoms with Gasteiger partial charge in [0.15, 0.2) is 11.5 Å². The first-order chi connectivity index (χ1) is 11.8. The Balaban J connectivity index is 1.45. The molecule has 1 aliphatic carbocycles. The van der Waals surface area contributed by atoms with Crippen LogP contribution in [0.25, 0.3) is 5.65 Å². The third kappa shape index (κ3) is 3.02. The van der Waals surface area contributed by atoms with E-state index in [0.717, 1.165) is 43.7 Å². The van der Waals surface area contributed by atoms with E-state index < -0.39 is 0 Å². The summed E-state index contributed by atoms with van der Waals surface area (Å²) in [6.45, 7) is 0.969. The number of fused-ring (bicyclic) bond motifs is 1. The first-order valence-corrected chi connectivity index (χ1v) is 9.03. The van der Waals surface area contributed by atoms with Gasteiger partial charge in [-0.1, -0.05) is 25.3 Å². The van der Waals surface area contributed by atoms with Gasteiger partial charge in [-0.15, -0.1) is 10.2 Å². The SMILES string of the molecule is O=C(COC1CCCCC1)N1CCC[C@@H]1c1nnc2ccccn12. The van der Waals surface area contributed by atoms with Gasteiger partial charge in [0.2, 0.25) is 5.91 Å². The second-order valence-corrected chi connectivity index (χ2v) is 6.80. The molecule has 0 radical (unpaired) electrons. The number of likely N-dealkylation sites (tertiary alicyclic amines) is 1. The Kier molecular flexibility index (Phi) is 4.47. The molecule has 0 aromatic carbocycles. The van der Waals surface area contributed by atoms with Crippen molar-refractivity contribution in [3.63, 3.8) is 0 Å². The van der Waals surface area contributed by atoms with E-state index in [4.69, 9.17) is 4.74 Å². The van der Waals surface area contributed by atoms with Gasteiger partial charge in [-0.25, -0.2) is 0 Å². The van der Waals surface area contributed by atoms with Crippen LogP contribution in [0.4, 0.5) is 0 Å². The van der Waals surface area contributed by atoms with Crippen LogP contribution in [0.15, 0.2) is 24.4 Å². The summed E-state index contributed by atoms with van der Waals surface area (Å²) in [6.07, 6.45) is 10.1. The van der Waals surface area contributed by atoms with E-state index >= 15 is 0 Å². The summed E-state index contributed by atoms with van der Waals surface area (Å²) >= 11 is 0. The Morgan fingerprint density at radius 1 is 1.12 bits per heavy atom. The molecule has 0 N–H and O–H groups in total. The highest BCUT2D eigenvalue weighted by atomic mass is 16.5. The molecule has 4 rings (SSSR count). The summed E-state index contributed by atoms with van der Waals surface area (Å²) in [6, 6.07) is 5.85. The topological polar surface area (TPSA) is 59.7 Å². The molecule has 128 valence electrons. The molecule has 24 heavy (non-hydrogen) atoms. The lowest BCUT2D eigenvalue weighted by atomic mass is 9.98. The Morgan fingerprint density at radius 2 is 2.00 bits per heavy atom. The summed E-state index contributed by atoms with van der Waals surface area (Å²) in [5, 5.41) is 8.56. The van der Waals surface area contributed by atoms with Gasteiger partial charge in [0.1, 0.15) is 6.61 Å². The minimum absolute atomic E-state index is 0.00450. The molecule has 0 unspecified atom stereocenters. The van der Waals surface area contributed by atoms with Crippen molar-refractivity contribution in [1.82, 2.24) is 19.5 Å². The summed E-state index contributed by atoms with van der Waals surface area (Å²) < 4.78 is 7.86. The fourth-order valence-electron chi connectivity index (χ4n) is 3.92. The van der Waals surface area contributed by atoms with Crippen LogP contribution < -0.4 is 0 Å². The van der Waals surface area contributed by atoms with E-state index in [1.165, 1.54) is 19.3 Å². The highest BCUT2D eigenvalue weighted by molar-refractivity contribution is 5.78. The highest BCUT2D eigenvalue weighted by Gasteiger charge is 2.33. The number of carbonyl (C=O) groups is 1. The van der Waals surface area contributed by atoms with Crippen molar-refractivity contribution in [2.45, 2.75) is 57.1 Å². The summed E-state index contributed by atoms with van der Waals surface area (Å²) in [5.74, 6) is 0.935. The van der Waals surface area contributed by atoms with Gasteiger partial charge < -0.3 is 9.64 Å². The standard InChI is InChI=1S/C18H24N4O2/c23-17(13-24-14-7-2-1-3-8-14)21-12-6-9-15(21)18-20-19-16-10-4-5-11-22(16)18/h4-5,10-11,14-15H,1-3,6-9,12-13H2/t15-/m1/s1. The molecule has 1 aliphatic heterocycles. The van der Waals surface area contributed by atoms with Crippen LogP contribution in [-0.2, 0) is 9.53 Å². The molecule has 1 saturated carbocycles. The molecular weight excluding hydrogens is 304 g/mol. The predicted molar refractivity (Wildman–Crippen MR) is 89.5 cm³/mol. The van der Waals surface area contributed by atoms with E-state index in [1.54, 1.807) is 0 Å². The minimum atomic E-state index is 0.00450. The van der Waals surface area contributed by atoms with E-state index in [1.807, 2.05) is 33.7 Å². The number of aromatic nitrogens is 3. The maximum absolute atomic E-state index is 12.7. The van der Waals surface area contributed by atoms with Crippen LogP contribution in [0.1, 0.15) is 56.8 Å². The van der Waals surface area contributed by atoms with E-state index in [0.29, 0.717) is 0 Å². The van der Waals surface area contributed by atoms with Crippen molar-refractivity contribution in [2.24, 2.45) is 0 Å². The molecule has 0 bridgehead atoms. The van der Waals surface area contributed by atoms with Gasteiger partial charge in [0, 0.05) is 12.7 Å². The average Bonchev–Trinajstić information content (AvgIpc) is 3.27. The molecule has 6 nitrogen and oxygen atoms in total. The first-order valence-electron chi connectivity index (χ1n) is 9.03. The van der Waals surface area contributed by atoms with Gasteiger partial charge >= 0.3 is 0 Å². The molecule has 2 aromatic heterocycles. The zero-order chi connectivity index (χ0) is 16.4. The Hall–Kier alpha value is -1.95. The Bertz CT molecular complexity index is 708. The van der Waals surface area contributed by atoms with Crippen molar-refractivity contribution >= 4 is 11.6 Å². The van der Waals surface area contributed by atoms with Crippen molar-refractivity contribution in [2.75, 3.05) is 13.2 Å². The van der Waals surface area contributed by atoms with Crippen LogP contribution in [-0.4, -0.2) is 44.7 Å². The second-order valence-electron chi connectivity index (χ2n) is 6.80. The van der Waals surface area contributed by atoms with Crippen LogP contribution in [0, 0.1) is 0 Å². The molecule has 1 saturated heterocycles. The number of carbonyl (C=O) groups excluding carboxylic acids is 1. The number of ether oxygens (including phenoxy) is 1. The zero-order valence-corrected chi connectivity index (χ0v) is 13.9. The molecule has 3 heterocycles. The zero-order valence-electron chi connectivity index (χ0n) is 13.9. The van der Waals surface area contributed by atoms with E-state index in [9.17, 15) is 4.79 Å². The predicted octanol–water partition coefficient (Wildman–Crippen LogP) is 2.74. The summed E-state index contributed by atoms with van der Waals surface area (Å²) in [4.78, 5) is 14.6. The number of hydrogen-bond donors (Lipinski definition) is 0. The second kappa shape index (κ2) is 6.89. The van der Waals surface area contributed by atoms with Gasteiger partial charge in [0.25, 0.3) is 0 Å². The minimum Gasteiger partial charge on any atom is -0.368 e. The lowest BCUT2D eigenvalue weighted by molar-refractivity contribution is -0.140. The molecule has 1 amide bonds. The normalized spacial score (nSPS) is 22.3. The number of amides is 1. The molecule has 6 heteroatoms. The smallest absolute Gasteiger partial charge is 0.249 e. The van der Waals surface area contributed by atoms with Crippen LogP contribution in [0.3, 0.4) is 0 Å². The molecule has 1 atom stereocenters. The lowest BCUT2D eigenvalue weighted by Crippen LogP contribution is -2.35. The summed E-state index contributed by atoms with van der Waals surface area (Å²) in [5.41, 5.74) is 0.824. The van der Waals surface area contributed by atoms with E-state index in [-0.39, 0.29) is 24.7 Å². The van der Waals surface area contributed by atoms with Crippen LogP contribution in [0.5, 0.6) is 0 Å².